The van der Waals surface area contributed by atoms with E-state index < -0.39 is 0 Å². The van der Waals surface area contributed by atoms with Gasteiger partial charge >= 0.3 is 0 Å². The largest absolute Gasteiger partial charge is 0.397 e. The second kappa shape index (κ2) is 6.13. The molecule has 0 bridgehead atoms. The Morgan fingerprint density at radius 2 is 2.25 bits per heavy atom. The minimum absolute atomic E-state index is 0.0412. The molecule has 1 aliphatic heterocycles. The van der Waals surface area contributed by atoms with Gasteiger partial charge in [0.05, 0.1) is 18.0 Å². The van der Waals surface area contributed by atoms with Crippen LogP contribution in [0.15, 0.2) is 18.2 Å². The van der Waals surface area contributed by atoms with Gasteiger partial charge in [-0.25, -0.2) is 0 Å². The van der Waals surface area contributed by atoms with Crippen LogP contribution in [0.1, 0.15) is 23.7 Å². The van der Waals surface area contributed by atoms with Gasteiger partial charge < -0.3 is 20.7 Å². The van der Waals surface area contributed by atoms with Crippen LogP contribution in [0.5, 0.6) is 0 Å². The average Bonchev–Trinajstić information content (AvgIpc) is 2.94. The first-order chi connectivity index (χ1) is 9.49. The first kappa shape index (κ1) is 14.7. The predicted octanol–water partition coefficient (Wildman–Crippen LogP) is 1.81. The summed E-state index contributed by atoms with van der Waals surface area (Å²) in [6, 6.07) is 5.70. The van der Waals surface area contributed by atoms with Crippen molar-refractivity contribution in [1.29, 1.82) is 0 Å². The van der Waals surface area contributed by atoms with Gasteiger partial charge in [0.2, 0.25) is 0 Å². The zero-order chi connectivity index (χ0) is 14.7. The third-order valence-electron chi connectivity index (χ3n) is 3.76. The fourth-order valence-electron chi connectivity index (χ4n) is 2.40. The molecule has 3 N–H and O–H groups in total. The van der Waals surface area contributed by atoms with Crippen LogP contribution in [-0.4, -0.2) is 44.2 Å². The molecule has 1 aromatic carbocycles. The Morgan fingerprint density at radius 1 is 1.50 bits per heavy atom. The molecule has 1 amide bonds. The summed E-state index contributed by atoms with van der Waals surface area (Å²) < 4.78 is 5.40. The van der Waals surface area contributed by atoms with Gasteiger partial charge in [-0.05, 0) is 31.5 Å². The van der Waals surface area contributed by atoms with E-state index in [2.05, 4.69) is 12.2 Å². The van der Waals surface area contributed by atoms with Gasteiger partial charge in [0.25, 0.3) is 5.91 Å². The van der Waals surface area contributed by atoms with Crippen molar-refractivity contribution in [1.82, 2.24) is 4.90 Å². The van der Waals surface area contributed by atoms with E-state index in [1.807, 2.05) is 6.07 Å². The van der Waals surface area contributed by atoms with Crippen LogP contribution in [0.3, 0.4) is 0 Å². The van der Waals surface area contributed by atoms with Crippen molar-refractivity contribution in [3.63, 3.8) is 0 Å². The zero-order valence-electron chi connectivity index (χ0n) is 12.3. The summed E-state index contributed by atoms with van der Waals surface area (Å²) in [5.74, 6) is 0.470. The number of nitrogen functional groups attached to an aromatic ring is 1. The molecule has 2 unspecified atom stereocenters. The van der Waals surface area contributed by atoms with Crippen molar-refractivity contribution < 1.29 is 9.53 Å². The lowest BCUT2D eigenvalue weighted by Gasteiger charge is -2.22. The van der Waals surface area contributed by atoms with Crippen LogP contribution in [0, 0.1) is 5.92 Å². The third kappa shape index (κ3) is 3.22. The molecule has 2 atom stereocenters. The maximum atomic E-state index is 11.9. The highest BCUT2D eigenvalue weighted by molar-refractivity contribution is 5.95. The number of anilines is 2. The minimum Gasteiger partial charge on any atom is -0.397 e. The van der Waals surface area contributed by atoms with Crippen molar-refractivity contribution in [3.05, 3.63) is 23.8 Å². The lowest BCUT2D eigenvalue weighted by molar-refractivity contribution is 0.0827. The van der Waals surface area contributed by atoms with Crippen LogP contribution in [-0.2, 0) is 4.74 Å². The number of carbonyl (C=O) groups is 1. The molecule has 20 heavy (non-hydrogen) atoms. The van der Waals surface area contributed by atoms with Crippen LogP contribution in [0.25, 0.3) is 0 Å². The Bertz CT molecular complexity index is 482. The van der Waals surface area contributed by atoms with Crippen molar-refractivity contribution in [2.24, 2.45) is 5.92 Å². The number of carbonyl (C=O) groups excluding carboxylic acids is 1. The van der Waals surface area contributed by atoms with Crippen molar-refractivity contribution >= 4 is 17.3 Å². The van der Waals surface area contributed by atoms with E-state index in [9.17, 15) is 4.79 Å². The number of benzene rings is 1. The van der Waals surface area contributed by atoms with E-state index >= 15 is 0 Å². The Hall–Kier alpha value is -1.75. The van der Waals surface area contributed by atoms with E-state index in [-0.39, 0.29) is 5.91 Å². The van der Waals surface area contributed by atoms with Crippen LogP contribution in [0.2, 0.25) is 0 Å². The van der Waals surface area contributed by atoms with Gasteiger partial charge in [0.1, 0.15) is 0 Å². The standard InChI is InChI=1S/C15H23N3O2/c1-10(12-6-7-20-9-12)17-14-5-4-11(8-13(14)16)15(19)18(2)3/h4-5,8,10,12,17H,6-7,9,16H2,1-3H3. The third-order valence-corrected chi connectivity index (χ3v) is 3.76. The number of nitrogens with one attached hydrogen (secondary N) is 1. The van der Waals surface area contributed by atoms with Crippen LogP contribution >= 0.6 is 0 Å². The molecule has 1 saturated heterocycles. The zero-order valence-corrected chi connectivity index (χ0v) is 12.3. The molecule has 5 heteroatoms. The number of nitrogens with zero attached hydrogens (tertiary/aromatic N) is 1. The van der Waals surface area contributed by atoms with Gasteiger partial charge in [-0.3, -0.25) is 4.79 Å². The van der Waals surface area contributed by atoms with Gasteiger partial charge in [-0.1, -0.05) is 0 Å². The van der Waals surface area contributed by atoms with Crippen molar-refractivity contribution in [2.75, 3.05) is 38.4 Å². The lowest BCUT2D eigenvalue weighted by atomic mass is 10.00. The van der Waals surface area contributed by atoms with Gasteiger partial charge in [-0.2, -0.15) is 0 Å². The first-order valence-corrected chi connectivity index (χ1v) is 6.94. The molecular formula is C15H23N3O2. The highest BCUT2D eigenvalue weighted by Gasteiger charge is 2.22. The molecule has 0 saturated carbocycles. The number of hydrogen-bond donors (Lipinski definition) is 2. The molecule has 0 aromatic heterocycles. The Kier molecular flexibility index (Phi) is 4.49. The summed E-state index contributed by atoms with van der Waals surface area (Å²) in [6.07, 6.45) is 1.07. The Labute approximate surface area is 120 Å². The minimum atomic E-state index is -0.0412. The molecule has 5 nitrogen and oxygen atoms in total. The number of nitrogens with two attached hydrogens (primary N) is 1. The Balaban J connectivity index is 2.07. The summed E-state index contributed by atoms with van der Waals surface area (Å²) in [4.78, 5) is 13.4. The normalized spacial score (nSPS) is 19.6. The second-order valence-electron chi connectivity index (χ2n) is 5.56. The summed E-state index contributed by atoms with van der Waals surface area (Å²) >= 11 is 0. The van der Waals surface area contributed by atoms with Gasteiger partial charge in [0.15, 0.2) is 0 Å². The molecule has 0 radical (unpaired) electrons. The van der Waals surface area contributed by atoms with Gasteiger partial charge in [0, 0.05) is 38.2 Å². The fraction of sp³-hybridized carbons (Fsp3) is 0.533. The molecule has 0 aliphatic carbocycles. The van der Waals surface area contributed by atoms with Gasteiger partial charge in [-0.15, -0.1) is 0 Å². The molecule has 1 aromatic rings. The molecule has 2 rings (SSSR count). The summed E-state index contributed by atoms with van der Waals surface area (Å²) in [7, 11) is 3.46. The average molecular weight is 277 g/mol. The van der Waals surface area contributed by atoms with E-state index in [1.165, 1.54) is 0 Å². The molecule has 1 aliphatic rings. The molecule has 1 fully saturated rings. The smallest absolute Gasteiger partial charge is 0.253 e. The van der Waals surface area contributed by atoms with E-state index in [0.29, 0.717) is 23.2 Å². The van der Waals surface area contributed by atoms with E-state index in [1.54, 1.807) is 31.1 Å². The Morgan fingerprint density at radius 3 is 2.80 bits per heavy atom. The van der Waals surface area contributed by atoms with Crippen molar-refractivity contribution in [2.45, 2.75) is 19.4 Å². The number of hydrogen-bond acceptors (Lipinski definition) is 4. The molecule has 1 heterocycles. The number of ether oxygens (including phenoxy) is 1. The summed E-state index contributed by atoms with van der Waals surface area (Å²) in [5.41, 5.74) is 8.12. The summed E-state index contributed by atoms with van der Waals surface area (Å²) in [5, 5.41) is 3.42. The second-order valence-corrected chi connectivity index (χ2v) is 5.56. The first-order valence-electron chi connectivity index (χ1n) is 6.94. The maximum Gasteiger partial charge on any atom is 0.253 e. The van der Waals surface area contributed by atoms with E-state index in [0.717, 1.165) is 25.3 Å². The highest BCUT2D eigenvalue weighted by Crippen LogP contribution is 2.25. The molecule has 110 valence electrons. The predicted molar refractivity (Wildman–Crippen MR) is 80.9 cm³/mol. The quantitative estimate of drug-likeness (QED) is 0.824. The monoisotopic (exact) mass is 277 g/mol. The maximum absolute atomic E-state index is 11.9. The fourth-order valence-corrected chi connectivity index (χ4v) is 2.40. The van der Waals surface area contributed by atoms with Crippen molar-refractivity contribution in [3.8, 4) is 0 Å². The molecule has 0 spiro atoms. The SMILES string of the molecule is CC(Nc1ccc(C(=O)N(C)C)cc1N)C1CCOC1. The van der Waals surface area contributed by atoms with Crippen LogP contribution < -0.4 is 11.1 Å². The number of rotatable bonds is 4. The highest BCUT2D eigenvalue weighted by atomic mass is 16.5. The van der Waals surface area contributed by atoms with E-state index in [4.69, 9.17) is 10.5 Å². The summed E-state index contributed by atoms with van der Waals surface area (Å²) in [6.45, 7) is 3.77. The number of amides is 1. The molecular weight excluding hydrogens is 254 g/mol. The van der Waals surface area contributed by atoms with Crippen LogP contribution in [0.4, 0.5) is 11.4 Å². The lowest BCUT2D eigenvalue weighted by Crippen LogP contribution is -2.27. The topological polar surface area (TPSA) is 67.6 Å².